The van der Waals surface area contributed by atoms with Gasteiger partial charge in [-0.05, 0) is 40.6 Å². The molecule has 37 heavy (non-hydrogen) atoms. The second-order valence-corrected chi connectivity index (χ2v) is 9.61. The Bertz CT molecular complexity index is 1470. The number of nitro groups is 1. The standard InChI is InChI=1S/C27H23FN4O4S/c28-23-11-10-19(32(35)36)16-21(23)27(34)31-14-12-30(13-15-31)25(26(33)29-18-6-2-1-3-7-18)22-17-37-24-9-5-4-8-20(22)24/h1-11,16-17,25H,12-15H2,(H,29,33). The van der Waals surface area contributed by atoms with Crippen molar-refractivity contribution in [3.8, 4) is 0 Å². The Kier molecular flexibility index (Phi) is 6.93. The molecule has 0 radical (unpaired) electrons. The molecule has 5 rings (SSSR count). The Morgan fingerprint density at radius 1 is 0.973 bits per heavy atom. The summed E-state index contributed by atoms with van der Waals surface area (Å²) in [6.07, 6.45) is 0. The molecule has 10 heteroatoms. The normalized spacial score (nSPS) is 14.9. The number of non-ortho nitro benzene ring substituents is 1. The van der Waals surface area contributed by atoms with Gasteiger partial charge in [0.25, 0.3) is 11.6 Å². The third-order valence-electron chi connectivity index (χ3n) is 6.45. The van der Waals surface area contributed by atoms with Gasteiger partial charge in [0, 0.05) is 48.7 Å². The molecule has 188 valence electrons. The maximum Gasteiger partial charge on any atom is 0.270 e. The van der Waals surface area contributed by atoms with Crippen LogP contribution in [-0.2, 0) is 4.79 Å². The third-order valence-corrected chi connectivity index (χ3v) is 7.43. The molecule has 2 amide bonds. The Morgan fingerprint density at radius 2 is 1.68 bits per heavy atom. The third kappa shape index (κ3) is 5.07. The number of piperazine rings is 1. The number of nitro benzene ring substituents is 1. The van der Waals surface area contributed by atoms with Crippen molar-refractivity contribution in [2.24, 2.45) is 0 Å². The van der Waals surface area contributed by atoms with Crippen LogP contribution < -0.4 is 5.32 Å². The van der Waals surface area contributed by atoms with E-state index in [4.69, 9.17) is 0 Å². The molecule has 8 nitrogen and oxygen atoms in total. The Morgan fingerprint density at radius 3 is 2.41 bits per heavy atom. The minimum Gasteiger partial charge on any atom is -0.336 e. The summed E-state index contributed by atoms with van der Waals surface area (Å²) in [5.74, 6) is -1.59. The average Bonchev–Trinajstić information content (AvgIpc) is 3.33. The quantitative estimate of drug-likeness (QED) is 0.284. The number of rotatable bonds is 6. The zero-order valence-corrected chi connectivity index (χ0v) is 20.5. The highest BCUT2D eigenvalue weighted by Crippen LogP contribution is 2.34. The van der Waals surface area contributed by atoms with Crippen LogP contribution in [0.5, 0.6) is 0 Å². The van der Waals surface area contributed by atoms with Gasteiger partial charge in [-0.15, -0.1) is 11.3 Å². The van der Waals surface area contributed by atoms with Crippen molar-refractivity contribution in [1.29, 1.82) is 0 Å². The molecule has 0 saturated carbocycles. The van der Waals surface area contributed by atoms with E-state index in [1.165, 1.54) is 4.90 Å². The van der Waals surface area contributed by atoms with Gasteiger partial charge in [-0.2, -0.15) is 0 Å². The second kappa shape index (κ2) is 10.5. The van der Waals surface area contributed by atoms with Crippen molar-refractivity contribution in [2.75, 3.05) is 31.5 Å². The van der Waals surface area contributed by atoms with Crippen molar-refractivity contribution in [1.82, 2.24) is 9.80 Å². The first-order valence-electron chi connectivity index (χ1n) is 11.7. The first kappa shape index (κ1) is 24.5. The first-order chi connectivity index (χ1) is 17.9. The molecule has 4 aromatic rings. The number of carbonyl (C=O) groups excluding carboxylic acids is 2. The monoisotopic (exact) mass is 518 g/mol. The molecule has 0 spiro atoms. The summed E-state index contributed by atoms with van der Waals surface area (Å²) in [6.45, 7) is 1.25. The average molecular weight is 519 g/mol. The number of anilines is 1. The van der Waals surface area contributed by atoms with Gasteiger partial charge in [0.15, 0.2) is 0 Å². The summed E-state index contributed by atoms with van der Waals surface area (Å²) in [6, 6.07) is 19.5. The smallest absolute Gasteiger partial charge is 0.270 e. The second-order valence-electron chi connectivity index (χ2n) is 8.69. The fraction of sp³-hybridized carbons (Fsp3) is 0.185. The van der Waals surface area contributed by atoms with E-state index < -0.39 is 22.7 Å². The molecule has 1 unspecified atom stereocenters. The largest absolute Gasteiger partial charge is 0.336 e. The highest BCUT2D eigenvalue weighted by molar-refractivity contribution is 7.17. The lowest BCUT2D eigenvalue weighted by molar-refractivity contribution is -0.384. The number of fused-ring (bicyclic) bond motifs is 1. The van der Waals surface area contributed by atoms with E-state index in [9.17, 15) is 24.1 Å². The van der Waals surface area contributed by atoms with Crippen molar-refractivity contribution in [3.05, 3.63) is 105 Å². The molecule has 1 saturated heterocycles. The van der Waals surface area contributed by atoms with Crippen LogP contribution in [0.2, 0.25) is 0 Å². The molecule has 1 N–H and O–H groups in total. The summed E-state index contributed by atoms with van der Waals surface area (Å²) in [5.41, 5.74) is 0.903. The van der Waals surface area contributed by atoms with Gasteiger partial charge in [0.05, 0.1) is 10.5 Å². The van der Waals surface area contributed by atoms with Gasteiger partial charge in [-0.1, -0.05) is 36.4 Å². The maximum atomic E-state index is 14.4. The summed E-state index contributed by atoms with van der Waals surface area (Å²) in [4.78, 5) is 40.5. The molecule has 0 bridgehead atoms. The van der Waals surface area contributed by atoms with Crippen molar-refractivity contribution < 1.29 is 18.9 Å². The number of hydrogen-bond acceptors (Lipinski definition) is 6. The van der Waals surface area contributed by atoms with Crippen LogP contribution in [0.1, 0.15) is 22.0 Å². The van der Waals surface area contributed by atoms with Crippen LogP contribution in [-0.4, -0.2) is 52.7 Å². The fourth-order valence-electron chi connectivity index (χ4n) is 4.59. The molecular weight excluding hydrogens is 495 g/mol. The summed E-state index contributed by atoms with van der Waals surface area (Å²) in [7, 11) is 0. The highest BCUT2D eigenvalue weighted by atomic mass is 32.1. The van der Waals surface area contributed by atoms with Crippen LogP contribution >= 0.6 is 11.3 Å². The van der Waals surface area contributed by atoms with Crippen LogP contribution in [0.3, 0.4) is 0 Å². The van der Waals surface area contributed by atoms with Crippen LogP contribution in [0.15, 0.2) is 78.2 Å². The van der Waals surface area contributed by atoms with Gasteiger partial charge in [0.2, 0.25) is 5.91 Å². The molecule has 1 aliphatic rings. The zero-order valence-electron chi connectivity index (χ0n) is 19.7. The number of thiophene rings is 1. The van der Waals surface area contributed by atoms with Crippen LogP contribution in [0.4, 0.5) is 15.8 Å². The first-order valence-corrected chi connectivity index (χ1v) is 12.6. The number of para-hydroxylation sites is 1. The number of halogens is 1. The molecule has 3 aromatic carbocycles. The van der Waals surface area contributed by atoms with E-state index in [-0.39, 0.29) is 30.2 Å². The van der Waals surface area contributed by atoms with E-state index >= 15 is 0 Å². The number of amides is 2. The molecule has 1 atom stereocenters. The van der Waals surface area contributed by atoms with E-state index in [0.717, 1.165) is 33.8 Å². The summed E-state index contributed by atoms with van der Waals surface area (Å²) >= 11 is 1.57. The lowest BCUT2D eigenvalue weighted by atomic mass is 10.0. The van der Waals surface area contributed by atoms with E-state index in [1.54, 1.807) is 11.3 Å². The highest BCUT2D eigenvalue weighted by Gasteiger charge is 2.34. The lowest BCUT2D eigenvalue weighted by Crippen LogP contribution is -2.51. The SMILES string of the molecule is O=C(Nc1ccccc1)C(c1csc2ccccc12)N1CCN(C(=O)c2cc([N+](=O)[O-])ccc2F)CC1. The predicted octanol–water partition coefficient (Wildman–Crippen LogP) is 5.09. The number of nitrogens with zero attached hydrogens (tertiary/aromatic N) is 3. The van der Waals surface area contributed by atoms with E-state index in [1.807, 2.05) is 64.9 Å². The molecular formula is C27H23FN4O4S. The molecule has 1 aromatic heterocycles. The molecule has 1 aliphatic heterocycles. The topological polar surface area (TPSA) is 95.8 Å². The van der Waals surface area contributed by atoms with Crippen molar-refractivity contribution >= 4 is 44.6 Å². The molecule has 1 fully saturated rings. The Balaban J connectivity index is 1.38. The molecule has 2 heterocycles. The minimum absolute atomic E-state index is 0.181. The van der Waals surface area contributed by atoms with Crippen molar-refractivity contribution in [3.63, 3.8) is 0 Å². The van der Waals surface area contributed by atoms with E-state index in [0.29, 0.717) is 18.8 Å². The Labute approximate surface area is 216 Å². The van der Waals surface area contributed by atoms with Gasteiger partial charge in [0.1, 0.15) is 11.9 Å². The Hall–Kier alpha value is -4.15. The summed E-state index contributed by atoms with van der Waals surface area (Å²) < 4.78 is 15.4. The minimum atomic E-state index is -0.803. The van der Waals surface area contributed by atoms with Gasteiger partial charge < -0.3 is 10.2 Å². The van der Waals surface area contributed by atoms with Crippen LogP contribution in [0, 0.1) is 15.9 Å². The summed E-state index contributed by atoms with van der Waals surface area (Å²) in [5, 5.41) is 17.1. The number of hydrogen-bond donors (Lipinski definition) is 1. The van der Waals surface area contributed by atoms with Crippen LogP contribution in [0.25, 0.3) is 10.1 Å². The maximum absolute atomic E-state index is 14.4. The zero-order chi connectivity index (χ0) is 25.9. The number of nitrogens with one attached hydrogen (secondary N) is 1. The fourth-order valence-corrected chi connectivity index (χ4v) is 5.57. The number of carbonyl (C=O) groups is 2. The predicted molar refractivity (Wildman–Crippen MR) is 140 cm³/mol. The number of benzene rings is 3. The van der Waals surface area contributed by atoms with Gasteiger partial charge >= 0.3 is 0 Å². The lowest BCUT2D eigenvalue weighted by Gasteiger charge is -2.38. The van der Waals surface area contributed by atoms with Gasteiger partial charge in [-0.3, -0.25) is 24.6 Å². The molecule has 0 aliphatic carbocycles. The van der Waals surface area contributed by atoms with Crippen molar-refractivity contribution in [2.45, 2.75) is 6.04 Å². The van der Waals surface area contributed by atoms with Gasteiger partial charge in [-0.25, -0.2) is 4.39 Å². The van der Waals surface area contributed by atoms with E-state index in [2.05, 4.69) is 5.32 Å².